The van der Waals surface area contributed by atoms with Crippen molar-refractivity contribution in [3.05, 3.63) is 30.3 Å². The Bertz CT molecular complexity index is 449. The van der Waals surface area contributed by atoms with Crippen LogP contribution >= 0.6 is 0 Å². The standard InChI is InChI=1S/C11H15NO3S/c1-11(7-8-15-9-11)12-16(13,14)10-5-3-2-4-6-10/h2-6,12H,7-9H2,1H3. The van der Waals surface area contributed by atoms with Crippen LogP contribution in [-0.4, -0.2) is 27.2 Å². The monoisotopic (exact) mass is 241 g/mol. The maximum absolute atomic E-state index is 12.0. The highest BCUT2D eigenvalue weighted by Crippen LogP contribution is 2.20. The minimum Gasteiger partial charge on any atom is -0.379 e. The zero-order valence-corrected chi connectivity index (χ0v) is 9.96. The van der Waals surface area contributed by atoms with E-state index < -0.39 is 15.6 Å². The van der Waals surface area contributed by atoms with E-state index in [2.05, 4.69) is 4.72 Å². The average molecular weight is 241 g/mol. The minimum atomic E-state index is -3.43. The van der Waals surface area contributed by atoms with Crippen molar-refractivity contribution in [2.45, 2.75) is 23.8 Å². The van der Waals surface area contributed by atoms with Crippen molar-refractivity contribution in [3.8, 4) is 0 Å². The highest BCUT2D eigenvalue weighted by atomic mass is 32.2. The fraction of sp³-hybridized carbons (Fsp3) is 0.455. The second-order valence-electron chi connectivity index (χ2n) is 4.28. The van der Waals surface area contributed by atoms with E-state index in [1.165, 1.54) is 0 Å². The molecule has 1 fully saturated rings. The molecule has 1 aliphatic heterocycles. The summed E-state index contributed by atoms with van der Waals surface area (Å²) in [6.07, 6.45) is 0.707. The second kappa shape index (κ2) is 4.16. The summed E-state index contributed by atoms with van der Waals surface area (Å²) in [5.74, 6) is 0. The Morgan fingerprint density at radius 3 is 2.56 bits per heavy atom. The highest BCUT2D eigenvalue weighted by Gasteiger charge is 2.34. The molecule has 1 saturated heterocycles. The number of ether oxygens (including phenoxy) is 1. The smallest absolute Gasteiger partial charge is 0.241 e. The molecule has 1 N–H and O–H groups in total. The molecule has 1 aliphatic rings. The largest absolute Gasteiger partial charge is 0.379 e. The normalized spacial score (nSPS) is 25.8. The Morgan fingerprint density at radius 1 is 1.31 bits per heavy atom. The van der Waals surface area contributed by atoms with Crippen LogP contribution in [0.15, 0.2) is 35.2 Å². The molecule has 1 unspecified atom stereocenters. The summed E-state index contributed by atoms with van der Waals surface area (Å²) >= 11 is 0. The van der Waals surface area contributed by atoms with Gasteiger partial charge in [-0.15, -0.1) is 0 Å². The summed E-state index contributed by atoms with van der Waals surface area (Å²) in [5, 5.41) is 0. The molecule has 0 aliphatic carbocycles. The second-order valence-corrected chi connectivity index (χ2v) is 5.96. The molecule has 4 nitrogen and oxygen atoms in total. The quantitative estimate of drug-likeness (QED) is 0.863. The fourth-order valence-electron chi connectivity index (χ4n) is 1.73. The number of hydrogen-bond acceptors (Lipinski definition) is 3. The van der Waals surface area contributed by atoms with Gasteiger partial charge in [-0.25, -0.2) is 13.1 Å². The predicted molar refractivity (Wildman–Crippen MR) is 60.6 cm³/mol. The van der Waals surface area contributed by atoms with Crippen LogP contribution in [0.1, 0.15) is 13.3 Å². The molecule has 0 radical (unpaired) electrons. The summed E-state index contributed by atoms with van der Waals surface area (Å²) in [6.45, 7) is 2.90. The van der Waals surface area contributed by atoms with Crippen LogP contribution in [-0.2, 0) is 14.8 Å². The van der Waals surface area contributed by atoms with Crippen LogP contribution in [0.5, 0.6) is 0 Å². The molecule has 0 aromatic heterocycles. The van der Waals surface area contributed by atoms with E-state index in [0.717, 1.165) is 0 Å². The lowest BCUT2D eigenvalue weighted by Gasteiger charge is -2.23. The van der Waals surface area contributed by atoms with Gasteiger partial charge in [0.15, 0.2) is 0 Å². The van der Waals surface area contributed by atoms with Gasteiger partial charge < -0.3 is 4.74 Å². The zero-order chi connectivity index (χ0) is 11.6. The number of sulfonamides is 1. The molecule has 1 heterocycles. The Balaban J connectivity index is 2.21. The fourth-order valence-corrected chi connectivity index (χ4v) is 3.17. The number of nitrogens with one attached hydrogen (secondary N) is 1. The Hall–Kier alpha value is -0.910. The first-order valence-electron chi connectivity index (χ1n) is 5.19. The highest BCUT2D eigenvalue weighted by molar-refractivity contribution is 7.89. The van der Waals surface area contributed by atoms with Crippen molar-refractivity contribution in [2.75, 3.05) is 13.2 Å². The molecule has 0 saturated carbocycles. The van der Waals surface area contributed by atoms with E-state index in [9.17, 15) is 8.42 Å². The predicted octanol–water partition coefficient (Wildman–Crippen LogP) is 1.14. The lowest BCUT2D eigenvalue weighted by Crippen LogP contribution is -2.46. The zero-order valence-electron chi connectivity index (χ0n) is 9.14. The van der Waals surface area contributed by atoms with Gasteiger partial charge in [0.1, 0.15) is 0 Å². The topological polar surface area (TPSA) is 55.4 Å². The Labute approximate surface area is 95.7 Å². The van der Waals surface area contributed by atoms with Gasteiger partial charge in [0.05, 0.1) is 17.0 Å². The molecule has 1 atom stereocenters. The maximum atomic E-state index is 12.0. The van der Waals surface area contributed by atoms with Gasteiger partial charge >= 0.3 is 0 Å². The number of hydrogen-bond donors (Lipinski definition) is 1. The Kier molecular flexibility index (Phi) is 3.01. The molecule has 0 amide bonds. The van der Waals surface area contributed by atoms with E-state index in [0.29, 0.717) is 24.5 Å². The van der Waals surface area contributed by atoms with Gasteiger partial charge in [-0.05, 0) is 25.5 Å². The molecule has 2 rings (SSSR count). The summed E-state index contributed by atoms with van der Waals surface area (Å²) in [6, 6.07) is 8.38. The first-order chi connectivity index (χ1) is 7.52. The maximum Gasteiger partial charge on any atom is 0.241 e. The summed E-state index contributed by atoms with van der Waals surface area (Å²) < 4.78 is 32.0. The van der Waals surface area contributed by atoms with Crippen LogP contribution in [0.3, 0.4) is 0 Å². The van der Waals surface area contributed by atoms with E-state index >= 15 is 0 Å². The lowest BCUT2D eigenvalue weighted by molar-refractivity contribution is 0.178. The number of benzene rings is 1. The van der Waals surface area contributed by atoms with Crippen LogP contribution in [0.2, 0.25) is 0 Å². The van der Waals surface area contributed by atoms with Crippen LogP contribution in [0, 0.1) is 0 Å². The van der Waals surface area contributed by atoms with Crippen molar-refractivity contribution in [2.24, 2.45) is 0 Å². The van der Waals surface area contributed by atoms with Gasteiger partial charge in [-0.2, -0.15) is 0 Å². The third-order valence-electron chi connectivity index (χ3n) is 2.65. The van der Waals surface area contributed by atoms with Crippen molar-refractivity contribution >= 4 is 10.0 Å². The van der Waals surface area contributed by atoms with Crippen molar-refractivity contribution in [3.63, 3.8) is 0 Å². The first kappa shape index (κ1) is 11.6. The van der Waals surface area contributed by atoms with Gasteiger partial charge in [0.25, 0.3) is 0 Å². The SMILES string of the molecule is CC1(NS(=O)(=O)c2ccccc2)CCOC1. The van der Waals surface area contributed by atoms with Crippen LogP contribution in [0.4, 0.5) is 0 Å². The molecule has 5 heteroatoms. The first-order valence-corrected chi connectivity index (χ1v) is 6.67. The molecule has 1 aromatic carbocycles. The molecule has 0 spiro atoms. The summed E-state index contributed by atoms with van der Waals surface area (Å²) in [7, 11) is -3.43. The number of rotatable bonds is 3. The molecule has 0 bridgehead atoms. The molecule has 16 heavy (non-hydrogen) atoms. The van der Waals surface area contributed by atoms with Gasteiger partial charge in [0.2, 0.25) is 10.0 Å². The van der Waals surface area contributed by atoms with Gasteiger partial charge in [0, 0.05) is 6.61 Å². The minimum absolute atomic E-state index is 0.295. The van der Waals surface area contributed by atoms with E-state index in [-0.39, 0.29) is 0 Å². The van der Waals surface area contributed by atoms with E-state index in [1.807, 2.05) is 6.92 Å². The third kappa shape index (κ3) is 2.42. The van der Waals surface area contributed by atoms with Gasteiger partial charge in [-0.1, -0.05) is 18.2 Å². The Morgan fingerprint density at radius 2 is 2.00 bits per heavy atom. The molecular formula is C11H15NO3S. The van der Waals surface area contributed by atoms with Crippen LogP contribution < -0.4 is 4.72 Å². The van der Waals surface area contributed by atoms with Crippen molar-refractivity contribution in [1.29, 1.82) is 0 Å². The van der Waals surface area contributed by atoms with Crippen molar-refractivity contribution in [1.82, 2.24) is 4.72 Å². The third-order valence-corrected chi connectivity index (χ3v) is 4.31. The van der Waals surface area contributed by atoms with Gasteiger partial charge in [-0.3, -0.25) is 0 Å². The van der Waals surface area contributed by atoms with E-state index in [4.69, 9.17) is 4.74 Å². The summed E-state index contributed by atoms with van der Waals surface area (Å²) in [4.78, 5) is 0.295. The molecule has 88 valence electrons. The molecular weight excluding hydrogens is 226 g/mol. The average Bonchev–Trinajstić information content (AvgIpc) is 2.65. The van der Waals surface area contributed by atoms with Crippen molar-refractivity contribution < 1.29 is 13.2 Å². The van der Waals surface area contributed by atoms with E-state index in [1.54, 1.807) is 30.3 Å². The summed E-state index contributed by atoms with van der Waals surface area (Å²) in [5.41, 5.74) is -0.478. The lowest BCUT2D eigenvalue weighted by atomic mass is 10.0. The van der Waals surface area contributed by atoms with Crippen LogP contribution in [0.25, 0.3) is 0 Å². The molecule has 1 aromatic rings.